The van der Waals surface area contributed by atoms with Crippen molar-refractivity contribution in [3.8, 4) is 0 Å². The predicted molar refractivity (Wildman–Crippen MR) is 317 cm³/mol. The molecule has 1 unspecified atom stereocenters. The van der Waals surface area contributed by atoms with Gasteiger partial charge in [0.05, 0.1) is 0 Å². The van der Waals surface area contributed by atoms with E-state index in [4.69, 9.17) is 14.2 Å². The summed E-state index contributed by atoms with van der Waals surface area (Å²) in [6.45, 7) is 6.68. The first kappa shape index (κ1) is 71.4. The number of ether oxygens (including phenoxy) is 3. The molecular formula is C67H130O6. The molecule has 6 nitrogen and oxygen atoms in total. The van der Waals surface area contributed by atoms with Crippen LogP contribution in [0, 0.1) is 0 Å². The van der Waals surface area contributed by atoms with Crippen LogP contribution in [-0.2, 0) is 28.6 Å². The van der Waals surface area contributed by atoms with E-state index < -0.39 is 6.10 Å². The minimum Gasteiger partial charge on any atom is -0.462 e. The molecule has 0 N–H and O–H groups in total. The summed E-state index contributed by atoms with van der Waals surface area (Å²) < 4.78 is 16.9. The van der Waals surface area contributed by atoms with Crippen molar-refractivity contribution in [3.63, 3.8) is 0 Å². The molecule has 434 valence electrons. The first-order chi connectivity index (χ1) is 36.0. The molecule has 0 rings (SSSR count). The van der Waals surface area contributed by atoms with Gasteiger partial charge < -0.3 is 14.2 Å². The van der Waals surface area contributed by atoms with Gasteiger partial charge in [0.15, 0.2) is 6.10 Å². The maximum absolute atomic E-state index is 12.9. The number of hydrogen-bond acceptors (Lipinski definition) is 6. The van der Waals surface area contributed by atoms with Crippen molar-refractivity contribution < 1.29 is 28.6 Å². The smallest absolute Gasteiger partial charge is 0.306 e. The van der Waals surface area contributed by atoms with Crippen molar-refractivity contribution in [1.82, 2.24) is 0 Å². The molecular weight excluding hydrogens is 901 g/mol. The van der Waals surface area contributed by atoms with Gasteiger partial charge >= 0.3 is 17.9 Å². The van der Waals surface area contributed by atoms with Crippen molar-refractivity contribution in [2.24, 2.45) is 0 Å². The Morgan fingerprint density at radius 2 is 0.370 bits per heavy atom. The molecule has 0 aromatic heterocycles. The molecule has 0 heterocycles. The van der Waals surface area contributed by atoms with Gasteiger partial charge in [0.2, 0.25) is 0 Å². The third-order valence-corrected chi connectivity index (χ3v) is 15.6. The highest BCUT2D eigenvalue weighted by atomic mass is 16.6. The topological polar surface area (TPSA) is 78.9 Å². The second-order valence-electron chi connectivity index (χ2n) is 23.1. The molecule has 0 bridgehead atoms. The van der Waals surface area contributed by atoms with Gasteiger partial charge in [-0.3, -0.25) is 14.4 Å². The molecule has 0 radical (unpaired) electrons. The second-order valence-corrected chi connectivity index (χ2v) is 23.1. The lowest BCUT2D eigenvalue weighted by Gasteiger charge is -2.18. The van der Waals surface area contributed by atoms with E-state index in [-0.39, 0.29) is 31.1 Å². The van der Waals surface area contributed by atoms with Gasteiger partial charge in [-0.05, 0) is 19.3 Å². The molecule has 0 aliphatic carbocycles. The lowest BCUT2D eigenvalue weighted by Crippen LogP contribution is -2.30. The third kappa shape index (κ3) is 61.1. The Bertz CT molecular complexity index is 1090. The highest BCUT2D eigenvalue weighted by Crippen LogP contribution is 2.19. The molecule has 73 heavy (non-hydrogen) atoms. The van der Waals surface area contributed by atoms with E-state index in [0.717, 1.165) is 57.8 Å². The van der Waals surface area contributed by atoms with Crippen molar-refractivity contribution in [2.75, 3.05) is 13.2 Å². The van der Waals surface area contributed by atoms with Crippen LogP contribution in [0.1, 0.15) is 393 Å². The Labute approximate surface area is 457 Å². The summed E-state index contributed by atoms with van der Waals surface area (Å²) in [6, 6.07) is 0. The van der Waals surface area contributed by atoms with E-state index in [1.54, 1.807) is 0 Å². The van der Waals surface area contributed by atoms with E-state index in [1.807, 2.05) is 0 Å². The van der Waals surface area contributed by atoms with Crippen LogP contribution < -0.4 is 0 Å². The summed E-state index contributed by atoms with van der Waals surface area (Å²) in [5, 5.41) is 0. The monoisotopic (exact) mass is 1030 g/mol. The van der Waals surface area contributed by atoms with Crippen LogP contribution in [-0.4, -0.2) is 37.2 Å². The summed E-state index contributed by atoms with van der Waals surface area (Å²) in [7, 11) is 0. The average molecular weight is 1030 g/mol. The average Bonchev–Trinajstić information content (AvgIpc) is 3.39. The summed E-state index contributed by atoms with van der Waals surface area (Å²) in [5.74, 6) is -0.836. The van der Waals surface area contributed by atoms with Crippen molar-refractivity contribution in [3.05, 3.63) is 0 Å². The molecule has 0 aliphatic heterocycles. The minimum absolute atomic E-state index is 0.0615. The fourth-order valence-corrected chi connectivity index (χ4v) is 10.6. The fourth-order valence-electron chi connectivity index (χ4n) is 10.6. The highest BCUT2D eigenvalue weighted by Gasteiger charge is 2.19. The van der Waals surface area contributed by atoms with Gasteiger partial charge in [0, 0.05) is 19.3 Å². The van der Waals surface area contributed by atoms with Crippen molar-refractivity contribution in [2.45, 2.75) is 399 Å². The lowest BCUT2D eigenvalue weighted by atomic mass is 10.0. The number of rotatable bonds is 63. The molecule has 0 aliphatic rings. The summed E-state index contributed by atoms with van der Waals surface area (Å²) >= 11 is 0. The Kier molecular flexibility index (Phi) is 61.6. The van der Waals surface area contributed by atoms with Crippen molar-refractivity contribution in [1.29, 1.82) is 0 Å². The molecule has 6 heteroatoms. The van der Waals surface area contributed by atoms with Gasteiger partial charge in [0.1, 0.15) is 13.2 Å². The van der Waals surface area contributed by atoms with Crippen LogP contribution in [0.4, 0.5) is 0 Å². The van der Waals surface area contributed by atoms with Gasteiger partial charge in [-0.15, -0.1) is 0 Å². The Morgan fingerprint density at radius 1 is 0.219 bits per heavy atom. The molecule has 1 atom stereocenters. The van der Waals surface area contributed by atoms with E-state index >= 15 is 0 Å². The van der Waals surface area contributed by atoms with E-state index in [2.05, 4.69) is 20.8 Å². The van der Waals surface area contributed by atoms with E-state index in [0.29, 0.717) is 19.3 Å². The normalized spacial score (nSPS) is 11.9. The van der Waals surface area contributed by atoms with Crippen LogP contribution in [0.25, 0.3) is 0 Å². The first-order valence-corrected chi connectivity index (χ1v) is 33.5. The predicted octanol–water partition coefficient (Wildman–Crippen LogP) is 22.7. The third-order valence-electron chi connectivity index (χ3n) is 15.6. The molecule has 0 aromatic rings. The van der Waals surface area contributed by atoms with Gasteiger partial charge in [-0.25, -0.2) is 0 Å². The number of carbonyl (C=O) groups excluding carboxylic acids is 3. The zero-order chi connectivity index (χ0) is 52.9. The van der Waals surface area contributed by atoms with Crippen LogP contribution >= 0.6 is 0 Å². The van der Waals surface area contributed by atoms with Crippen molar-refractivity contribution >= 4 is 17.9 Å². The molecule has 0 fully saturated rings. The summed E-state index contributed by atoms with van der Waals surface area (Å²) in [4.78, 5) is 38.1. The van der Waals surface area contributed by atoms with E-state index in [9.17, 15) is 14.4 Å². The van der Waals surface area contributed by atoms with Gasteiger partial charge in [-0.1, -0.05) is 355 Å². The molecule has 0 saturated carbocycles. The zero-order valence-corrected chi connectivity index (χ0v) is 50.0. The summed E-state index contributed by atoms with van der Waals surface area (Å²) in [6.07, 6.45) is 73.0. The molecule has 0 spiro atoms. The molecule has 0 aromatic carbocycles. The number of unbranched alkanes of at least 4 members (excludes halogenated alkanes) is 52. The zero-order valence-electron chi connectivity index (χ0n) is 50.0. The standard InChI is InChI=1S/C67H130O6/c1-4-7-10-13-16-18-20-22-24-26-28-29-30-31-32-33-34-35-36-37-39-40-42-44-46-48-51-54-57-60-66(69)72-63-64(62-71-65(68)59-56-53-50-15-12-9-6-3)73-67(70)61-58-55-52-49-47-45-43-41-38-27-25-23-21-19-17-14-11-8-5-2/h64H,4-63H2,1-3H3. The first-order valence-electron chi connectivity index (χ1n) is 33.5. The van der Waals surface area contributed by atoms with Crippen LogP contribution in [0.3, 0.4) is 0 Å². The van der Waals surface area contributed by atoms with Crippen LogP contribution in [0.15, 0.2) is 0 Å². The second kappa shape index (κ2) is 62.9. The highest BCUT2D eigenvalue weighted by molar-refractivity contribution is 5.71. The number of esters is 3. The van der Waals surface area contributed by atoms with Crippen LogP contribution in [0.5, 0.6) is 0 Å². The lowest BCUT2D eigenvalue weighted by molar-refractivity contribution is -0.167. The van der Waals surface area contributed by atoms with Crippen LogP contribution in [0.2, 0.25) is 0 Å². The maximum Gasteiger partial charge on any atom is 0.306 e. The minimum atomic E-state index is -0.761. The Morgan fingerprint density at radius 3 is 0.548 bits per heavy atom. The summed E-state index contributed by atoms with van der Waals surface area (Å²) in [5.41, 5.74) is 0. The van der Waals surface area contributed by atoms with Gasteiger partial charge in [0.25, 0.3) is 0 Å². The SMILES string of the molecule is CCCCCCCCCCCCCCCCCCCCCCCCCCCCCCCC(=O)OCC(COC(=O)CCCCCCCCC)OC(=O)CCCCCCCCCCCCCCCCCCCCC. The Hall–Kier alpha value is -1.59. The quantitative estimate of drug-likeness (QED) is 0.0343. The maximum atomic E-state index is 12.9. The van der Waals surface area contributed by atoms with E-state index in [1.165, 1.54) is 295 Å². The fraction of sp³-hybridized carbons (Fsp3) is 0.955. The largest absolute Gasteiger partial charge is 0.462 e. The van der Waals surface area contributed by atoms with Gasteiger partial charge in [-0.2, -0.15) is 0 Å². The molecule has 0 amide bonds. The number of hydrogen-bond donors (Lipinski definition) is 0. The Balaban J connectivity index is 3.98. The number of carbonyl (C=O) groups is 3. The molecule has 0 saturated heterocycles.